The van der Waals surface area contributed by atoms with E-state index in [2.05, 4.69) is 9.97 Å². The first kappa shape index (κ1) is 15.2. The molecule has 0 saturated heterocycles. The van der Waals surface area contributed by atoms with E-state index in [0.29, 0.717) is 12.4 Å². The highest BCUT2D eigenvalue weighted by atomic mass is 32.2. The van der Waals surface area contributed by atoms with Crippen LogP contribution in [0.15, 0.2) is 35.4 Å². The predicted octanol–water partition coefficient (Wildman–Crippen LogP) is 3.17. The van der Waals surface area contributed by atoms with Crippen molar-refractivity contribution in [2.75, 3.05) is 12.4 Å². The predicted molar refractivity (Wildman–Crippen MR) is 80.8 cm³/mol. The normalized spacial score (nSPS) is 10.4. The molecule has 0 fully saturated rings. The number of benzene rings is 1. The molecule has 110 valence electrons. The maximum absolute atomic E-state index is 10.9. The number of hydrogen-bond acceptors (Lipinski definition) is 6. The monoisotopic (exact) mass is 305 g/mol. The number of nitrogens with zero attached hydrogens (tertiary/aromatic N) is 3. The molecule has 0 amide bonds. The smallest absolute Gasteiger partial charge is 0.310 e. The number of ether oxygens (including phenoxy) is 1. The van der Waals surface area contributed by atoms with Crippen molar-refractivity contribution >= 4 is 17.4 Å². The number of hydrogen-bond donors (Lipinski definition) is 0. The number of aryl methyl sites for hydroxylation is 2. The van der Waals surface area contributed by atoms with Crippen molar-refractivity contribution in [3.8, 4) is 5.75 Å². The second kappa shape index (κ2) is 7.03. The van der Waals surface area contributed by atoms with Gasteiger partial charge in [0.05, 0.1) is 11.5 Å². The molecule has 0 N–H and O–H groups in total. The highest BCUT2D eigenvalue weighted by Crippen LogP contribution is 2.26. The summed E-state index contributed by atoms with van der Waals surface area (Å²) in [5.41, 5.74) is 0.904. The van der Waals surface area contributed by atoms with Crippen LogP contribution < -0.4 is 4.74 Å². The van der Waals surface area contributed by atoms with Gasteiger partial charge in [0, 0.05) is 17.5 Å². The molecule has 7 heteroatoms. The second-order valence-corrected chi connectivity index (χ2v) is 5.43. The van der Waals surface area contributed by atoms with Gasteiger partial charge in [0.15, 0.2) is 5.75 Å². The molecule has 6 nitrogen and oxygen atoms in total. The lowest BCUT2D eigenvalue weighted by molar-refractivity contribution is -0.385. The van der Waals surface area contributed by atoms with Crippen molar-refractivity contribution in [3.05, 3.63) is 52.0 Å². The Bertz CT molecular complexity index is 629. The zero-order valence-corrected chi connectivity index (χ0v) is 12.6. The lowest BCUT2D eigenvalue weighted by Gasteiger charge is -2.06. The van der Waals surface area contributed by atoms with Crippen LogP contribution in [-0.4, -0.2) is 27.3 Å². The van der Waals surface area contributed by atoms with Crippen LogP contribution in [0.25, 0.3) is 0 Å². The van der Waals surface area contributed by atoms with Crippen molar-refractivity contribution in [1.29, 1.82) is 0 Å². The fraction of sp³-hybridized carbons (Fsp3) is 0.286. The van der Waals surface area contributed by atoms with Gasteiger partial charge in [-0.2, -0.15) is 0 Å². The number of nitro benzene ring substituents is 1. The molecular formula is C14H15N3O3S. The minimum atomic E-state index is -0.445. The summed E-state index contributed by atoms with van der Waals surface area (Å²) in [5, 5.41) is 11.7. The zero-order valence-electron chi connectivity index (χ0n) is 11.8. The van der Waals surface area contributed by atoms with E-state index in [0.717, 1.165) is 16.5 Å². The molecule has 0 atom stereocenters. The molecule has 1 heterocycles. The fourth-order valence-electron chi connectivity index (χ4n) is 1.78. The molecule has 0 saturated carbocycles. The van der Waals surface area contributed by atoms with Crippen LogP contribution in [0.5, 0.6) is 5.75 Å². The fourth-order valence-corrected chi connectivity index (χ4v) is 2.61. The average molecular weight is 305 g/mol. The largest absolute Gasteiger partial charge is 0.486 e. The van der Waals surface area contributed by atoms with Gasteiger partial charge in [-0.25, -0.2) is 9.97 Å². The number of nitro groups is 1. The molecule has 1 aromatic heterocycles. The van der Waals surface area contributed by atoms with E-state index < -0.39 is 4.92 Å². The SMILES string of the molecule is Cc1cc(SCCOc2ccccc2[N+](=O)[O-])nc(C)n1. The minimum absolute atomic E-state index is 0.0174. The van der Waals surface area contributed by atoms with E-state index >= 15 is 0 Å². The van der Waals surface area contributed by atoms with Gasteiger partial charge < -0.3 is 4.74 Å². The third-order valence-electron chi connectivity index (χ3n) is 2.60. The van der Waals surface area contributed by atoms with Crippen molar-refractivity contribution < 1.29 is 9.66 Å². The molecular weight excluding hydrogens is 290 g/mol. The van der Waals surface area contributed by atoms with E-state index in [1.807, 2.05) is 19.9 Å². The van der Waals surface area contributed by atoms with Crippen molar-refractivity contribution in [3.63, 3.8) is 0 Å². The number of aromatic nitrogens is 2. The molecule has 1 aromatic carbocycles. The summed E-state index contributed by atoms with van der Waals surface area (Å²) in [7, 11) is 0. The first-order valence-corrected chi connectivity index (χ1v) is 7.36. The van der Waals surface area contributed by atoms with E-state index in [4.69, 9.17) is 4.74 Å². The summed E-state index contributed by atoms with van der Waals surface area (Å²) >= 11 is 1.54. The molecule has 0 aliphatic heterocycles. The van der Waals surface area contributed by atoms with Gasteiger partial charge >= 0.3 is 5.69 Å². The third-order valence-corrected chi connectivity index (χ3v) is 3.47. The summed E-state index contributed by atoms with van der Waals surface area (Å²) in [6.45, 7) is 4.14. The first-order chi connectivity index (χ1) is 10.1. The van der Waals surface area contributed by atoms with Gasteiger partial charge in [0.2, 0.25) is 0 Å². The Balaban J connectivity index is 1.89. The molecule has 0 aliphatic carbocycles. The summed E-state index contributed by atoms with van der Waals surface area (Å²) in [6.07, 6.45) is 0. The van der Waals surface area contributed by atoms with Gasteiger partial charge in [0.1, 0.15) is 10.9 Å². The van der Waals surface area contributed by atoms with Crippen LogP contribution in [0.4, 0.5) is 5.69 Å². The minimum Gasteiger partial charge on any atom is -0.486 e. The zero-order chi connectivity index (χ0) is 15.2. The van der Waals surface area contributed by atoms with Crippen LogP contribution in [0.3, 0.4) is 0 Å². The molecule has 21 heavy (non-hydrogen) atoms. The number of thioether (sulfide) groups is 1. The van der Waals surface area contributed by atoms with Crippen molar-refractivity contribution in [2.24, 2.45) is 0 Å². The molecule has 0 unspecified atom stereocenters. The molecule has 0 spiro atoms. The summed E-state index contributed by atoms with van der Waals surface area (Å²) in [4.78, 5) is 18.9. The van der Waals surface area contributed by atoms with E-state index in [1.54, 1.807) is 18.2 Å². The van der Waals surface area contributed by atoms with Crippen LogP contribution in [0, 0.1) is 24.0 Å². The molecule has 0 radical (unpaired) electrons. The second-order valence-electron chi connectivity index (χ2n) is 4.32. The van der Waals surface area contributed by atoms with Crippen LogP contribution in [0.1, 0.15) is 11.5 Å². The Labute approximate surface area is 126 Å². The summed E-state index contributed by atoms with van der Waals surface area (Å²) in [6, 6.07) is 8.27. The summed E-state index contributed by atoms with van der Waals surface area (Å²) in [5.74, 6) is 1.68. The van der Waals surface area contributed by atoms with Crippen LogP contribution >= 0.6 is 11.8 Å². The molecule has 0 aliphatic rings. The van der Waals surface area contributed by atoms with Gasteiger partial charge in [-0.1, -0.05) is 12.1 Å². The van der Waals surface area contributed by atoms with Crippen molar-refractivity contribution in [2.45, 2.75) is 18.9 Å². The average Bonchev–Trinajstić information content (AvgIpc) is 2.43. The summed E-state index contributed by atoms with van der Waals surface area (Å²) < 4.78 is 5.47. The van der Waals surface area contributed by atoms with Crippen molar-refractivity contribution in [1.82, 2.24) is 9.97 Å². The van der Waals surface area contributed by atoms with E-state index in [-0.39, 0.29) is 11.4 Å². The standard InChI is InChI=1S/C14H15N3O3S/c1-10-9-14(16-11(2)15-10)21-8-7-20-13-6-4-3-5-12(13)17(18)19/h3-6,9H,7-8H2,1-2H3. The van der Waals surface area contributed by atoms with Crippen LogP contribution in [0.2, 0.25) is 0 Å². The van der Waals surface area contributed by atoms with Gasteiger partial charge in [-0.15, -0.1) is 11.8 Å². The first-order valence-electron chi connectivity index (χ1n) is 6.37. The Morgan fingerprint density at radius 1 is 1.29 bits per heavy atom. The van der Waals surface area contributed by atoms with E-state index in [9.17, 15) is 10.1 Å². The van der Waals surface area contributed by atoms with Crippen LogP contribution in [-0.2, 0) is 0 Å². The highest BCUT2D eigenvalue weighted by Gasteiger charge is 2.13. The van der Waals surface area contributed by atoms with Gasteiger partial charge in [-0.3, -0.25) is 10.1 Å². The maximum Gasteiger partial charge on any atom is 0.310 e. The topological polar surface area (TPSA) is 78.2 Å². The number of para-hydroxylation sites is 2. The van der Waals surface area contributed by atoms with Gasteiger partial charge in [-0.05, 0) is 26.0 Å². The Morgan fingerprint density at radius 2 is 2.05 bits per heavy atom. The molecule has 2 rings (SSSR count). The quantitative estimate of drug-likeness (QED) is 0.268. The Kier molecular flexibility index (Phi) is 5.10. The maximum atomic E-state index is 10.9. The third kappa shape index (κ3) is 4.42. The van der Waals surface area contributed by atoms with E-state index in [1.165, 1.54) is 17.8 Å². The Morgan fingerprint density at radius 3 is 2.76 bits per heavy atom. The lowest BCUT2D eigenvalue weighted by Crippen LogP contribution is -2.03. The number of rotatable bonds is 6. The molecule has 2 aromatic rings. The highest BCUT2D eigenvalue weighted by molar-refractivity contribution is 7.99. The lowest BCUT2D eigenvalue weighted by atomic mass is 10.3. The Hall–Kier alpha value is -2.15. The molecule has 0 bridgehead atoms. The van der Waals surface area contributed by atoms with Gasteiger partial charge in [0.25, 0.3) is 0 Å².